The van der Waals surface area contributed by atoms with Crippen molar-refractivity contribution in [3.63, 3.8) is 0 Å². The van der Waals surface area contributed by atoms with Crippen molar-refractivity contribution in [2.45, 2.75) is 23.6 Å². The molecule has 1 fully saturated rings. The molecule has 0 saturated carbocycles. The second-order valence-corrected chi connectivity index (χ2v) is 10.3. The lowest BCUT2D eigenvalue weighted by atomic mass is 10.1. The Morgan fingerprint density at radius 3 is 2.86 bits per heavy atom. The molecular weight excluding hydrogens is 416 g/mol. The van der Waals surface area contributed by atoms with Crippen LogP contribution in [0.25, 0.3) is 0 Å². The molecule has 4 rings (SSSR count). The number of para-hydroxylation sites is 2. The first-order chi connectivity index (χ1) is 13.9. The van der Waals surface area contributed by atoms with Gasteiger partial charge in [-0.1, -0.05) is 23.9 Å². The highest BCUT2D eigenvalue weighted by Crippen LogP contribution is 2.31. The molecule has 2 aliphatic heterocycles. The fraction of sp³-hybridized carbons (Fsp3) is 0.500. The highest BCUT2D eigenvalue weighted by molar-refractivity contribution is 7.99. The van der Waals surface area contributed by atoms with E-state index in [0.29, 0.717) is 42.1 Å². The van der Waals surface area contributed by atoms with Crippen LogP contribution in [0.1, 0.15) is 18.2 Å². The molecule has 2 atom stereocenters. The van der Waals surface area contributed by atoms with Crippen molar-refractivity contribution >= 4 is 27.5 Å². The monoisotopic (exact) mass is 438 g/mol. The fourth-order valence-corrected chi connectivity index (χ4v) is 5.87. The van der Waals surface area contributed by atoms with Crippen molar-refractivity contribution in [3.8, 4) is 11.5 Å². The summed E-state index contributed by atoms with van der Waals surface area (Å²) in [6.45, 7) is 0.721. The van der Waals surface area contributed by atoms with E-state index in [4.69, 9.17) is 9.47 Å². The van der Waals surface area contributed by atoms with Crippen molar-refractivity contribution in [2.75, 3.05) is 30.4 Å². The number of carbonyl (C=O) groups excluding carboxylic acids is 1. The molecule has 2 aliphatic rings. The summed E-state index contributed by atoms with van der Waals surface area (Å²) in [6.07, 6.45) is 0.316. The van der Waals surface area contributed by atoms with E-state index in [0.717, 1.165) is 0 Å². The normalized spacial score (nSPS) is 22.4. The molecule has 1 aromatic heterocycles. The van der Waals surface area contributed by atoms with E-state index >= 15 is 0 Å². The molecule has 0 spiro atoms. The Labute approximate surface area is 173 Å². The quantitative estimate of drug-likeness (QED) is 0.658. The number of hydrogen-bond acceptors (Lipinski definition) is 8. The van der Waals surface area contributed by atoms with Crippen LogP contribution in [0.3, 0.4) is 0 Å². The topological polar surface area (TPSA) is 112 Å². The SMILES string of the molecule is Cn1c(SCC(=O)NC[C@H]2COc3ccccc3O2)nnc1[C@@H]1CCS(=O)(=O)C1. The molecule has 9 nitrogen and oxygen atoms in total. The average Bonchev–Trinajstić information content (AvgIpc) is 3.26. The number of rotatable bonds is 6. The number of aromatic nitrogens is 3. The molecule has 3 heterocycles. The molecule has 0 aliphatic carbocycles. The second kappa shape index (κ2) is 8.23. The molecule has 1 saturated heterocycles. The Balaban J connectivity index is 1.25. The minimum Gasteiger partial charge on any atom is -0.486 e. The molecule has 11 heteroatoms. The van der Waals surface area contributed by atoms with Crippen LogP contribution in [0.2, 0.25) is 0 Å². The summed E-state index contributed by atoms with van der Waals surface area (Å²) in [7, 11) is -1.19. The molecule has 29 heavy (non-hydrogen) atoms. The number of carbonyl (C=O) groups is 1. The van der Waals surface area contributed by atoms with Gasteiger partial charge in [-0.3, -0.25) is 4.79 Å². The summed E-state index contributed by atoms with van der Waals surface area (Å²) >= 11 is 1.27. The van der Waals surface area contributed by atoms with E-state index in [2.05, 4.69) is 15.5 Å². The number of nitrogens with one attached hydrogen (secondary N) is 1. The van der Waals surface area contributed by atoms with Gasteiger partial charge in [0.25, 0.3) is 0 Å². The maximum atomic E-state index is 12.2. The van der Waals surface area contributed by atoms with Crippen molar-refractivity contribution in [1.29, 1.82) is 0 Å². The van der Waals surface area contributed by atoms with Crippen LogP contribution in [0.4, 0.5) is 0 Å². The third-order valence-corrected chi connectivity index (χ3v) is 7.68. The Morgan fingerprint density at radius 1 is 1.31 bits per heavy atom. The van der Waals surface area contributed by atoms with Crippen LogP contribution in [0, 0.1) is 0 Å². The number of nitrogens with zero attached hydrogens (tertiary/aromatic N) is 3. The van der Waals surface area contributed by atoms with Crippen LogP contribution < -0.4 is 14.8 Å². The molecule has 1 N–H and O–H groups in total. The van der Waals surface area contributed by atoms with Crippen molar-refractivity contribution in [3.05, 3.63) is 30.1 Å². The second-order valence-electron chi connectivity index (χ2n) is 7.09. The minimum absolute atomic E-state index is 0.108. The van der Waals surface area contributed by atoms with E-state index in [9.17, 15) is 13.2 Å². The van der Waals surface area contributed by atoms with Crippen LogP contribution in [0.15, 0.2) is 29.4 Å². The summed E-state index contributed by atoms with van der Waals surface area (Å²) in [5.41, 5.74) is 0. The highest BCUT2D eigenvalue weighted by atomic mass is 32.2. The van der Waals surface area contributed by atoms with Crippen LogP contribution in [0.5, 0.6) is 11.5 Å². The van der Waals surface area contributed by atoms with Crippen LogP contribution in [-0.2, 0) is 21.7 Å². The standard InChI is InChI=1S/C18H22N4O5S2/c1-22-17(12-6-7-29(24,25)11-12)20-21-18(22)28-10-16(23)19-8-13-9-26-14-4-2-3-5-15(14)27-13/h2-5,12-13H,6-11H2,1H3,(H,19,23)/t12-,13+/m1/s1. The lowest BCUT2D eigenvalue weighted by Crippen LogP contribution is -2.41. The van der Waals surface area contributed by atoms with Gasteiger partial charge in [0.2, 0.25) is 5.91 Å². The van der Waals surface area contributed by atoms with E-state index in [1.54, 1.807) is 11.6 Å². The molecule has 0 bridgehead atoms. The number of ether oxygens (including phenoxy) is 2. The van der Waals surface area contributed by atoms with E-state index in [1.807, 2.05) is 24.3 Å². The van der Waals surface area contributed by atoms with E-state index in [1.165, 1.54) is 11.8 Å². The predicted octanol–water partition coefficient (Wildman–Crippen LogP) is 0.765. The summed E-state index contributed by atoms with van der Waals surface area (Å²) in [6, 6.07) is 7.43. The van der Waals surface area contributed by atoms with Crippen molar-refractivity contribution in [1.82, 2.24) is 20.1 Å². The number of thioether (sulfide) groups is 1. The third-order valence-electron chi connectivity index (χ3n) is 4.89. The van der Waals surface area contributed by atoms with Crippen LogP contribution in [-0.4, -0.2) is 65.6 Å². The number of fused-ring (bicyclic) bond motifs is 1. The van der Waals surface area contributed by atoms with Gasteiger partial charge in [0.15, 0.2) is 26.5 Å². The van der Waals surface area contributed by atoms with Gasteiger partial charge in [0.05, 0.1) is 23.8 Å². The Kier molecular flexibility index (Phi) is 5.68. The fourth-order valence-electron chi connectivity index (χ4n) is 3.38. The van der Waals surface area contributed by atoms with Gasteiger partial charge in [0.1, 0.15) is 18.5 Å². The molecule has 1 aromatic carbocycles. The summed E-state index contributed by atoms with van der Waals surface area (Å²) in [5.74, 6) is 2.23. The van der Waals surface area contributed by atoms with Crippen molar-refractivity contribution < 1.29 is 22.7 Å². The van der Waals surface area contributed by atoms with Gasteiger partial charge in [0, 0.05) is 13.0 Å². The largest absolute Gasteiger partial charge is 0.486 e. The summed E-state index contributed by atoms with van der Waals surface area (Å²) in [4.78, 5) is 12.2. The molecular formula is C18H22N4O5S2. The smallest absolute Gasteiger partial charge is 0.230 e. The minimum atomic E-state index is -2.99. The number of sulfone groups is 1. The first kappa shape index (κ1) is 20.0. The Bertz CT molecular complexity index is 1010. The van der Waals surface area contributed by atoms with Gasteiger partial charge in [-0.25, -0.2) is 8.42 Å². The maximum Gasteiger partial charge on any atom is 0.230 e. The van der Waals surface area contributed by atoms with E-state index in [-0.39, 0.29) is 35.2 Å². The molecule has 0 radical (unpaired) electrons. The molecule has 0 unspecified atom stereocenters. The predicted molar refractivity (Wildman–Crippen MR) is 107 cm³/mol. The molecule has 2 aromatic rings. The first-order valence-electron chi connectivity index (χ1n) is 9.29. The molecule has 156 valence electrons. The van der Waals surface area contributed by atoms with E-state index < -0.39 is 9.84 Å². The van der Waals surface area contributed by atoms with Crippen molar-refractivity contribution in [2.24, 2.45) is 7.05 Å². The average molecular weight is 439 g/mol. The Morgan fingerprint density at radius 2 is 2.10 bits per heavy atom. The van der Waals surface area contributed by atoms with Gasteiger partial charge < -0.3 is 19.4 Å². The number of hydrogen-bond donors (Lipinski definition) is 1. The van der Waals surface area contributed by atoms with Gasteiger partial charge in [-0.15, -0.1) is 10.2 Å². The van der Waals surface area contributed by atoms with Crippen LogP contribution >= 0.6 is 11.8 Å². The zero-order valence-electron chi connectivity index (χ0n) is 15.9. The lowest BCUT2D eigenvalue weighted by molar-refractivity contribution is -0.119. The molecule has 1 amide bonds. The summed E-state index contributed by atoms with van der Waals surface area (Å²) < 4.78 is 36.6. The lowest BCUT2D eigenvalue weighted by Gasteiger charge is -2.26. The highest BCUT2D eigenvalue weighted by Gasteiger charge is 2.32. The number of benzene rings is 1. The zero-order chi connectivity index (χ0) is 20.4. The van der Waals surface area contributed by atoms with Gasteiger partial charge in [-0.2, -0.15) is 0 Å². The number of amides is 1. The maximum absolute atomic E-state index is 12.2. The zero-order valence-corrected chi connectivity index (χ0v) is 17.5. The van der Waals surface area contributed by atoms with Gasteiger partial charge >= 0.3 is 0 Å². The van der Waals surface area contributed by atoms with Gasteiger partial charge in [-0.05, 0) is 18.6 Å². The first-order valence-corrected chi connectivity index (χ1v) is 12.1. The summed E-state index contributed by atoms with van der Waals surface area (Å²) in [5, 5.41) is 11.7. The third kappa shape index (κ3) is 4.67. The Hall–Kier alpha value is -2.27.